The topological polar surface area (TPSA) is 84.0 Å². The Balaban J connectivity index is 1.68. The van der Waals surface area contributed by atoms with E-state index in [9.17, 15) is 22.8 Å². The van der Waals surface area contributed by atoms with E-state index >= 15 is 0 Å². The first-order valence-electron chi connectivity index (χ1n) is 11.9. The fourth-order valence-corrected chi connectivity index (χ4v) is 4.43. The molecule has 1 saturated carbocycles. The molecule has 11 heteroatoms. The Morgan fingerprint density at radius 3 is 2.51 bits per heavy atom. The number of pyridine rings is 1. The summed E-state index contributed by atoms with van der Waals surface area (Å²) in [6.07, 6.45) is 0.566. The summed E-state index contributed by atoms with van der Waals surface area (Å²) in [7, 11) is 2.96. The minimum Gasteiger partial charge on any atom is -0.481 e. The first-order valence-corrected chi connectivity index (χ1v) is 11.9. The number of aromatic nitrogens is 1. The maximum absolute atomic E-state index is 14.8. The molecule has 8 nitrogen and oxygen atoms in total. The minimum absolute atomic E-state index is 0.0144. The number of amides is 2. The van der Waals surface area contributed by atoms with E-state index in [1.165, 1.54) is 23.0 Å². The van der Waals surface area contributed by atoms with E-state index in [1.54, 1.807) is 27.8 Å². The Bertz CT molecular complexity index is 928. The maximum Gasteiger partial charge on any atom is 0.410 e. The van der Waals surface area contributed by atoms with E-state index < -0.39 is 29.5 Å². The largest absolute Gasteiger partial charge is 0.481 e. The smallest absolute Gasteiger partial charge is 0.410 e. The van der Waals surface area contributed by atoms with Crippen LogP contribution in [0, 0.1) is 5.82 Å². The average molecular weight is 501 g/mol. The molecule has 0 radical (unpaired) electrons. The summed E-state index contributed by atoms with van der Waals surface area (Å²) in [6.45, 7) is 5.73. The number of likely N-dealkylation sites (tertiary alicyclic amines) is 1. The molecule has 2 fully saturated rings. The van der Waals surface area contributed by atoms with Crippen LogP contribution in [-0.2, 0) is 16.1 Å². The second kappa shape index (κ2) is 10.5. The van der Waals surface area contributed by atoms with Crippen LogP contribution in [0.2, 0.25) is 0 Å². The van der Waals surface area contributed by atoms with Crippen molar-refractivity contribution in [3.63, 3.8) is 0 Å². The molecule has 1 aromatic rings. The predicted octanol–water partition coefficient (Wildman–Crippen LogP) is 4.58. The summed E-state index contributed by atoms with van der Waals surface area (Å²) in [5.41, 5.74) is -0.326. The average Bonchev–Trinajstić information content (AvgIpc) is 3.25. The molecule has 1 saturated heterocycles. The molecule has 1 unspecified atom stereocenters. The lowest BCUT2D eigenvalue weighted by Gasteiger charge is -2.30. The van der Waals surface area contributed by atoms with E-state index in [1.807, 2.05) is 0 Å². The molecule has 2 heterocycles. The number of carbonyl (C=O) groups is 2. The van der Waals surface area contributed by atoms with Crippen molar-refractivity contribution < 1.29 is 32.2 Å². The summed E-state index contributed by atoms with van der Waals surface area (Å²) in [5, 5.41) is 2.91. The van der Waals surface area contributed by atoms with Crippen molar-refractivity contribution in [2.75, 3.05) is 26.0 Å². The molecule has 1 atom stereocenters. The highest BCUT2D eigenvalue weighted by molar-refractivity contribution is 5.86. The van der Waals surface area contributed by atoms with Crippen LogP contribution in [0.15, 0.2) is 6.07 Å². The van der Waals surface area contributed by atoms with Crippen LogP contribution in [0.3, 0.4) is 0 Å². The molecule has 1 N–H and O–H groups in total. The van der Waals surface area contributed by atoms with Crippen LogP contribution in [0.4, 0.5) is 23.8 Å². The van der Waals surface area contributed by atoms with Gasteiger partial charge < -0.3 is 19.7 Å². The highest BCUT2D eigenvalue weighted by atomic mass is 19.3. The van der Waals surface area contributed by atoms with Gasteiger partial charge in [-0.15, -0.1) is 0 Å². The minimum atomic E-state index is -2.68. The van der Waals surface area contributed by atoms with Gasteiger partial charge in [-0.1, -0.05) is 0 Å². The molecule has 3 rings (SSSR count). The number of nitrogens with zero attached hydrogens (tertiary/aromatic N) is 3. The van der Waals surface area contributed by atoms with Crippen LogP contribution in [0.25, 0.3) is 0 Å². The molecule has 1 aliphatic heterocycles. The number of likely N-dealkylation sites (N-methyl/N-ethyl adjacent to an activating group) is 1. The first-order chi connectivity index (χ1) is 16.3. The quantitative estimate of drug-likeness (QED) is 0.616. The van der Waals surface area contributed by atoms with E-state index in [0.29, 0.717) is 24.9 Å². The molecule has 2 aliphatic rings. The molecule has 2 amide bonds. The standard InChI is InChI=1S/C24H35F3N4O4/c1-23(2,3)35-22(33)31-12-6-7-18(31)21(32)30(4)14-15-13-17(25)19(29-20(15)34-5)28-16-8-10-24(26,27)11-9-16/h13,16,18H,6-12,14H2,1-5H3,(H,28,29). The van der Waals surface area contributed by atoms with E-state index in [0.717, 1.165) is 0 Å². The molecule has 1 aromatic heterocycles. The Labute approximate surface area is 204 Å². The number of anilines is 1. The number of rotatable bonds is 6. The van der Waals surface area contributed by atoms with Crippen molar-refractivity contribution >= 4 is 17.8 Å². The van der Waals surface area contributed by atoms with Gasteiger partial charge in [0, 0.05) is 38.0 Å². The fourth-order valence-electron chi connectivity index (χ4n) is 4.43. The molecule has 35 heavy (non-hydrogen) atoms. The summed E-state index contributed by atoms with van der Waals surface area (Å²) in [4.78, 5) is 32.7. The van der Waals surface area contributed by atoms with Crippen LogP contribution < -0.4 is 10.1 Å². The predicted molar refractivity (Wildman–Crippen MR) is 124 cm³/mol. The lowest BCUT2D eigenvalue weighted by molar-refractivity contribution is -0.135. The molecule has 0 aromatic carbocycles. The van der Waals surface area contributed by atoms with Gasteiger partial charge in [0.1, 0.15) is 11.6 Å². The Morgan fingerprint density at radius 2 is 1.91 bits per heavy atom. The van der Waals surface area contributed by atoms with Crippen molar-refractivity contribution in [1.29, 1.82) is 0 Å². The zero-order chi connectivity index (χ0) is 26.0. The SMILES string of the molecule is COc1nc(NC2CCC(F)(F)CC2)c(F)cc1CN(C)C(=O)C1CCCN1C(=O)OC(C)(C)C. The van der Waals surface area contributed by atoms with Gasteiger partial charge in [0.05, 0.1) is 13.7 Å². The third-order valence-electron chi connectivity index (χ3n) is 6.22. The normalized spacial score (nSPS) is 20.5. The van der Waals surface area contributed by atoms with Gasteiger partial charge in [0.15, 0.2) is 11.6 Å². The number of nitrogens with one attached hydrogen (secondary N) is 1. The second-order valence-corrected chi connectivity index (χ2v) is 10.3. The van der Waals surface area contributed by atoms with Gasteiger partial charge in [-0.25, -0.2) is 18.0 Å². The molecule has 196 valence electrons. The van der Waals surface area contributed by atoms with Gasteiger partial charge in [0.2, 0.25) is 17.7 Å². The van der Waals surface area contributed by atoms with Gasteiger partial charge in [0.25, 0.3) is 0 Å². The van der Waals surface area contributed by atoms with Gasteiger partial charge in [-0.05, 0) is 52.5 Å². The maximum atomic E-state index is 14.8. The van der Waals surface area contributed by atoms with Crippen LogP contribution in [-0.4, -0.2) is 71.1 Å². The van der Waals surface area contributed by atoms with E-state index in [2.05, 4.69) is 10.3 Å². The number of halogens is 3. The van der Waals surface area contributed by atoms with E-state index in [4.69, 9.17) is 9.47 Å². The number of hydrogen-bond donors (Lipinski definition) is 1. The summed E-state index contributed by atoms with van der Waals surface area (Å²) in [6, 6.07) is 0.261. The van der Waals surface area contributed by atoms with Crippen LogP contribution in [0.5, 0.6) is 5.88 Å². The number of ether oxygens (including phenoxy) is 2. The number of alkyl halides is 2. The van der Waals surface area contributed by atoms with E-state index in [-0.39, 0.29) is 55.9 Å². The Hall–Kier alpha value is -2.72. The highest BCUT2D eigenvalue weighted by Crippen LogP contribution is 2.35. The Morgan fingerprint density at radius 1 is 1.26 bits per heavy atom. The summed E-state index contributed by atoms with van der Waals surface area (Å²) >= 11 is 0. The zero-order valence-electron chi connectivity index (χ0n) is 21.0. The van der Waals surface area contributed by atoms with Crippen molar-refractivity contribution in [2.45, 2.75) is 89.4 Å². The first kappa shape index (κ1) is 26.9. The van der Waals surface area contributed by atoms with Gasteiger partial charge in [-0.2, -0.15) is 4.98 Å². The lowest BCUT2D eigenvalue weighted by atomic mass is 9.92. The summed E-state index contributed by atoms with van der Waals surface area (Å²) in [5.74, 6) is -3.57. The summed E-state index contributed by atoms with van der Waals surface area (Å²) < 4.78 is 52.4. The number of carbonyl (C=O) groups excluding carboxylic acids is 2. The van der Waals surface area contributed by atoms with Crippen LogP contribution >= 0.6 is 0 Å². The third kappa shape index (κ3) is 6.91. The third-order valence-corrected chi connectivity index (χ3v) is 6.22. The molecule has 1 aliphatic carbocycles. The van der Waals surface area contributed by atoms with Gasteiger partial charge in [-0.3, -0.25) is 9.69 Å². The van der Waals surface area contributed by atoms with Crippen molar-refractivity contribution in [2.24, 2.45) is 0 Å². The Kier molecular flexibility index (Phi) is 8.06. The van der Waals surface area contributed by atoms with Crippen LogP contribution in [0.1, 0.15) is 64.9 Å². The number of hydrogen-bond acceptors (Lipinski definition) is 6. The lowest BCUT2D eigenvalue weighted by Crippen LogP contribution is -2.47. The zero-order valence-corrected chi connectivity index (χ0v) is 21.0. The van der Waals surface area contributed by atoms with Gasteiger partial charge >= 0.3 is 6.09 Å². The van der Waals surface area contributed by atoms with Crippen molar-refractivity contribution in [3.05, 3.63) is 17.4 Å². The molecule has 0 spiro atoms. The van der Waals surface area contributed by atoms with Crippen molar-refractivity contribution in [1.82, 2.24) is 14.8 Å². The second-order valence-electron chi connectivity index (χ2n) is 10.3. The highest BCUT2D eigenvalue weighted by Gasteiger charge is 2.38. The molecule has 0 bridgehead atoms. The monoisotopic (exact) mass is 500 g/mol. The van der Waals surface area contributed by atoms with Crippen molar-refractivity contribution in [3.8, 4) is 5.88 Å². The molecular weight excluding hydrogens is 465 g/mol. The fraction of sp³-hybridized carbons (Fsp3) is 0.708. The number of methoxy groups -OCH3 is 1. The molecular formula is C24H35F3N4O4.